The van der Waals surface area contributed by atoms with Gasteiger partial charge in [0.1, 0.15) is 0 Å². The standard InChI is InChI=1S/C11H10BF3NS/c1-8(12(13,14)15)7-17-11-6-9-4-2-3-5-10(9)16-11/h2-6,16H,1,7H2/q-1. The smallest absolute Gasteiger partial charge is 0.445 e. The zero-order valence-corrected chi connectivity index (χ0v) is 9.74. The van der Waals surface area contributed by atoms with Crippen molar-refractivity contribution in [2.45, 2.75) is 5.03 Å². The molecule has 0 aliphatic rings. The molecule has 0 unspecified atom stereocenters. The van der Waals surface area contributed by atoms with Crippen molar-refractivity contribution in [3.05, 3.63) is 42.4 Å². The molecule has 0 aliphatic carbocycles. The van der Waals surface area contributed by atoms with Gasteiger partial charge in [0.25, 0.3) is 0 Å². The summed E-state index contributed by atoms with van der Waals surface area (Å²) in [5.41, 5.74) is 0.270. The Balaban J connectivity index is 2.07. The quantitative estimate of drug-likeness (QED) is 0.640. The maximum absolute atomic E-state index is 12.3. The van der Waals surface area contributed by atoms with Crippen LogP contribution in [0.25, 0.3) is 10.9 Å². The van der Waals surface area contributed by atoms with Crippen LogP contribution in [0.1, 0.15) is 0 Å². The van der Waals surface area contributed by atoms with Crippen molar-refractivity contribution in [3.63, 3.8) is 0 Å². The molecule has 90 valence electrons. The van der Waals surface area contributed by atoms with Crippen LogP contribution in [0.5, 0.6) is 0 Å². The molecular formula is C11H10BF3NS-. The Morgan fingerprint density at radius 2 is 2.00 bits per heavy atom. The first-order valence-corrected chi connectivity index (χ1v) is 6.03. The Morgan fingerprint density at radius 3 is 2.65 bits per heavy atom. The third kappa shape index (κ3) is 2.88. The van der Waals surface area contributed by atoms with Crippen LogP contribution in [-0.2, 0) is 0 Å². The molecule has 0 amide bonds. The van der Waals surface area contributed by atoms with Gasteiger partial charge in [0, 0.05) is 10.9 Å². The van der Waals surface area contributed by atoms with E-state index in [2.05, 4.69) is 11.6 Å². The number of fused-ring (bicyclic) bond motifs is 1. The minimum Gasteiger partial charge on any atom is -0.445 e. The minimum atomic E-state index is -4.93. The average molecular weight is 256 g/mol. The second-order valence-corrected chi connectivity index (χ2v) is 4.76. The second-order valence-electron chi connectivity index (χ2n) is 3.74. The number of hydrogen-bond acceptors (Lipinski definition) is 1. The molecule has 6 heteroatoms. The molecule has 0 radical (unpaired) electrons. The lowest BCUT2D eigenvalue weighted by Crippen LogP contribution is -2.20. The van der Waals surface area contributed by atoms with Crippen LogP contribution >= 0.6 is 11.8 Å². The number of rotatable bonds is 4. The summed E-state index contributed by atoms with van der Waals surface area (Å²) in [5, 5.41) is 1.73. The molecular weight excluding hydrogens is 246 g/mol. The van der Waals surface area contributed by atoms with Crippen LogP contribution in [0.15, 0.2) is 47.4 Å². The van der Waals surface area contributed by atoms with Crippen molar-refractivity contribution >= 4 is 29.6 Å². The van der Waals surface area contributed by atoms with Gasteiger partial charge in [-0.3, -0.25) is 0 Å². The van der Waals surface area contributed by atoms with Crippen molar-refractivity contribution in [3.8, 4) is 0 Å². The zero-order chi connectivity index (χ0) is 12.5. The molecule has 0 atom stereocenters. The number of hydrogen-bond donors (Lipinski definition) is 1. The number of nitrogens with one attached hydrogen (secondary N) is 1. The van der Waals surface area contributed by atoms with Crippen LogP contribution in [0.3, 0.4) is 0 Å². The predicted molar refractivity (Wildman–Crippen MR) is 67.2 cm³/mol. The third-order valence-corrected chi connectivity index (χ3v) is 3.43. The lowest BCUT2D eigenvalue weighted by molar-refractivity contribution is 0.491. The van der Waals surface area contributed by atoms with Gasteiger partial charge in [0.15, 0.2) is 0 Å². The Hall–Kier alpha value is -1.30. The van der Waals surface area contributed by atoms with E-state index in [-0.39, 0.29) is 5.75 Å². The topological polar surface area (TPSA) is 15.8 Å². The number of halogens is 3. The summed E-state index contributed by atoms with van der Waals surface area (Å²) >= 11 is 1.12. The van der Waals surface area contributed by atoms with Gasteiger partial charge < -0.3 is 17.9 Å². The maximum Gasteiger partial charge on any atom is 0.505 e. The Bertz CT molecular complexity index is 514. The Kier molecular flexibility index (Phi) is 3.24. The Morgan fingerprint density at radius 1 is 1.29 bits per heavy atom. The molecule has 0 spiro atoms. The molecule has 1 heterocycles. The first-order valence-electron chi connectivity index (χ1n) is 5.05. The minimum absolute atomic E-state index is 0.129. The number of para-hydroxylation sites is 1. The van der Waals surface area contributed by atoms with Gasteiger partial charge in [-0.25, -0.2) is 0 Å². The molecule has 2 aromatic rings. The SMILES string of the molecule is C=C(CSc1cc2ccccc2[nH]1)[B-](F)(F)F. The van der Waals surface area contributed by atoms with E-state index in [1.807, 2.05) is 30.3 Å². The lowest BCUT2D eigenvalue weighted by Gasteiger charge is -2.16. The monoisotopic (exact) mass is 256 g/mol. The van der Waals surface area contributed by atoms with Crippen LogP contribution in [-0.4, -0.2) is 17.7 Å². The van der Waals surface area contributed by atoms with Crippen molar-refractivity contribution < 1.29 is 12.9 Å². The van der Waals surface area contributed by atoms with E-state index in [1.54, 1.807) is 0 Å². The summed E-state index contributed by atoms with van der Waals surface area (Å²) < 4.78 is 36.9. The zero-order valence-electron chi connectivity index (χ0n) is 8.92. The van der Waals surface area contributed by atoms with Gasteiger partial charge in [-0.15, -0.1) is 23.8 Å². The number of thioether (sulfide) groups is 1. The maximum atomic E-state index is 12.3. The highest BCUT2D eigenvalue weighted by Crippen LogP contribution is 2.28. The van der Waals surface area contributed by atoms with E-state index < -0.39 is 12.4 Å². The van der Waals surface area contributed by atoms with Crippen LogP contribution in [0.4, 0.5) is 12.9 Å². The molecule has 1 aromatic heterocycles. The first kappa shape index (κ1) is 12.2. The highest BCUT2D eigenvalue weighted by molar-refractivity contribution is 7.99. The number of H-pyrrole nitrogens is 1. The average Bonchev–Trinajstić information content (AvgIpc) is 2.66. The van der Waals surface area contributed by atoms with Crippen LogP contribution in [0, 0.1) is 0 Å². The van der Waals surface area contributed by atoms with Gasteiger partial charge in [0.2, 0.25) is 0 Å². The molecule has 0 fully saturated rings. The third-order valence-electron chi connectivity index (χ3n) is 2.38. The molecule has 0 aliphatic heterocycles. The predicted octanol–water partition coefficient (Wildman–Crippen LogP) is 4.20. The molecule has 1 aromatic carbocycles. The fraction of sp³-hybridized carbons (Fsp3) is 0.0909. The highest BCUT2D eigenvalue weighted by Gasteiger charge is 2.26. The molecule has 0 saturated carbocycles. The van der Waals surface area contributed by atoms with E-state index in [4.69, 9.17) is 0 Å². The normalized spacial score (nSPS) is 11.9. The van der Waals surface area contributed by atoms with E-state index in [0.29, 0.717) is 0 Å². The van der Waals surface area contributed by atoms with Crippen LogP contribution in [0.2, 0.25) is 0 Å². The Labute approximate surface area is 101 Å². The summed E-state index contributed by atoms with van der Waals surface area (Å²) in [6, 6.07) is 9.42. The van der Waals surface area contributed by atoms with E-state index in [0.717, 1.165) is 27.7 Å². The fourth-order valence-corrected chi connectivity index (χ4v) is 2.31. The van der Waals surface area contributed by atoms with Crippen molar-refractivity contribution in [2.75, 3.05) is 5.75 Å². The van der Waals surface area contributed by atoms with Crippen molar-refractivity contribution in [1.82, 2.24) is 4.98 Å². The summed E-state index contributed by atoms with van der Waals surface area (Å²) in [6.45, 7) is -1.86. The van der Waals surface area contributed by atoms with Crippen LogP contribution < -0.4 is 0 Å². The molecule has 2 rings (SSSR count). The molecule has 0 saturated heterocycles. The summed E-state index contributed by atoms with van der Waals surface area (Å²) in [6.07, 6.45) is 0. The summed E-state index contributed by atoms with van der Waals surface area (Å²) in [5.74, 6) is -0.129. The van der Waals surface area contributed by atoms with Gasteiger partial charge in [-0.1, -0.05) is 18.2 Å². The summed E-state index contributed by atoms with van der Waals surface area (Å²) in [4.78, 5) is 3.06. The largest absolute Gasteiger partial charge is 0.505 e. The van der Waals surface area contributed by atoms with Gasteiger partial charge in [0.05, 0.1) is 5.03 Å². The van der Waals surface area contributed by atoms with E-state index >= 15 is 0 Å². The molecule has 17 heavy (non-hydrogen) atoms. The van der Waals surface area contributed by atoms with Gasteiger partial charge >= 0.3 is 6.98 Å². The van der Waals surface area contributed by atoms with Crippen molar-refractivity contribution in [2.24, 2.45) is 0 Å². The molecule has 1 N–H and O–H groups in total. The number of aromatic amines is 1. The first-order chi connectivity index (χ1) is 7.97. The van der Waals surface area contributed by atoms with E-state index in [1.165, 1.54) is 0 Å². The number of benzene rings is 1. The van der Waals surface area contributed by atoms with E-state index in [9.17, 15) is 12.9 Å². The lowest BCUT2D eigenvalue weighted by atomic mass is 9.82. The number of aromatic nitrogens is 1. The van der Waals surface area contributed by atoms with Gasteiger partial charge in [-0.05, 0) is 17.9 Å². The fourth-order valence-electron chi connectivity index (χ4n) is 1.39. The molecule has 0 bridgehead atoms. The van der Waals surface area contributed by atoms with Gasteiger partial charge in [-0.2, -0.15) is 0 Å². The molecule has 1 nitrogen and oxygen atoms in total. The summed E-state index contributed by atoms with van der Waals surface area (Å²) in [7, 11) is 0. The van der Waals surface area contributed by atoms with Crippen molar-refractivity contribution in [1.29, 1.82) is 0 Å². The second kappa shape index (κ2) is 4.53. The highest BCUT2D eigenvalue weighted by atomic mass is 32.2.